The lowest BCUT2D eigenvalue weighted by atomic mass is 9.98. The van der Waals surface area contributed by atoms with Crippen LogP contribution in [0.5, 0.6) is 0 Å². The SMILES string of the molecule is N#Cc1ccccc1-c1ccc2c(c1)N(Cc1c[nH]cn1)CC2. The largest absolute Gasteiger partial charge is 0.365 e. The Morgan fingerprint density at radius 1 is 1.22 bits per heavy atom. The van der Waals surface area contributed by atoms with E-state index in [-0.39, 0.29) is 0 Å². The van der Waals surface area contributed by atoms with E-state index in [9.17, 15) is 5.26 Å². The van der Waals surface area contributed by atoms with Gasteiger partial charge in [0.15, 0.2) is 0 Å². The Morgan fingerprint density at radius 2 is 2.13 bits per heavy atom. The Hall–Kier alpha value is -3.06. The second-order valence-corrected chi connectivity index (χ2v) is 5.73. The van der Waals surface area contributed by atoms with Crippen LogP contribution in [-0.2, 0) is 13.0 Å². The number of nitriles is 1. The highest BCUT2D eigenvalue weighted by molar-refractivity contribution is 5.76. The number of hydrogen-bond donors (Lipinski definition) is 1. The summed E-state index contributed by atoms with van der Waals surface area (Å²) in [5.74, 6) is 0. The maximum Gasteiger partial charge on any atom is 0.0998 e. The summed E-state index contributed by atoms with van der Waals surface area (Å²) in [6, 6.07) is 16.5. The molecule has 0 radical (unpaired) electrons. The zero-order chi connectivity index (χ0) is 15.6. The molecule has 0 amide bonds. The Kier molecular flexibility index (Phi) is 3.32. The summed E-state index contributed by atoms with van der Waals surface area (Å²) in [7, 11) is 0. The van der Waals surface area contributed by atoms with Gasteiger partial charge in [-0.2, -0.15) is 5.26 Å². The van der Waals surface area contributed by atoms with Gasteiger partial charge < -0.3 is 9.88 Å². The van der Waals surface area contributed by atoms with E-state index in [0.717, 1.165) is 36.3 Å². The van der Waals surface area contributed by atoms with E-state index in [4.69, 9.17) is 0 Å². The first-order valence-electron chi connectivity index (χ1n) is 7.70. The van der Waals surface area contributed by atoms with Crippen LogP contribution in [0.1, 0.15) is 16.8 Å². The van der Waals surface area contributed by atoms with Crippen LogP contribution in [0.3, 0.4) is 0 Å². The average molecular weight is 300 g/mol. The number of H-pyrrole nitrogens is 1. The molecule has 1 aliphatic heterocycles. The first-order chi connectivity index (χ1) is 11.3. The minimum absolute atomic E-state index is 0.712. The molecule has 0 saturated heterocycles. The zero-order valence-electron chi connectivity index (χ0n) is 12.7. The molecule has 23 heavy (non-hydrogen) atoms. The number of aromatic nitrogens is 2. The molecular formula is C19H16N4. The number of hydrogen-bond acceptors (Lipinski definition) is 3. The van der Waals surface area contributed by atoms with Crippen LogP contribution in [0.25, 0.3) is 11.1 Å². The van der Waals surface area contributed by atoms with Crippen molar-refractivity contribution in [2.75, 3.05) is 11.4 Å². The lowest BCUT2D eigenvalue weighted by molar-refractivity contribution is 0.819. The Balaban J connectivity index is 1.72. The van der Waals surface area contributed by atoms with Gasteiger partial charge in [0.25, 0.3) is 0 Å². The van der Waals surface area contributed by atoms with E-state index in [1.165, 1.54) is 11.3 Å². The quantitative estimate of drug-likeness (QED) is 0.805. The fourth-order valence-electron chi connectivity index (χ4n) is 3.18. The highest BCUT2D eigenvalue weighted by Crippen LogP contribution is 2.34. The maximum absolute atomic E-state index is 9.32. The van der Waals surface area contributed by atoms with Crippen LogP contribution < -0.4 is 4.90 Å². The molecule has 2 aromatic carbocycles. The zero-order valence-corrected chi connectivity index (χ0v) is 12.7. The third kappa shape index (κ3) is 2.47. The second-order valence-electron chi connectivity index (χ2n) is 5.73. The fraction of sp³-hybridized carbons (Fsp3) is 0.158. The van der Waals surface area contributed by atoms with Crippen LogP contribution in [0, 0.1) is 11.3 Å². The van der Waals surface area contributed by atoms with E-state index in [1.54, 1.807) is 6.33 Å². The molecule has 1 N–H and O–H groups in total. The van der Waals surface area contributed by atoms with Crippen molar-refractivity contribution in [2.45, 2.75) is 13.0 Å². The fourth-order valence-corrected chi connectivity index (χ4v) is 3.18. The van der Waals surface area contributed by atoms with Crippen LogP contribution >= 0.6 is 0 Å². The Morgan fingerprint density at radius 3 is 2.96 bits per heavy atom. The summed E-state index contributed by atoms with van der Waals surface area (Å²) in [5, 5.41) is 9.32. The van der Waals surface area contributed by atoms with Crippen molar-refractivity contribution in [1.29, 1.82) is 5.26 Å². The molecule has 0 atom stereocenters. The van der Waals surface area contributed by atoms with Crippen molar-refractivity contribution in [3.05, 3.63) is 71.8 Å². The third-order valence-electron chi connectivity index (χ3n) is 4.34. The Bertz CT molecular complexity index is 875. The number of anilines is 1. The lowest BCUT2D eigenvalue weighted by Gasteiger charge is -2.19. The molecule has 3 aromatic rings. The number of aromatic amines is 1. The minimum Gasteiger partial charge on any atom is -0.365 e. The molecule has 4 rings (SSSR count). The molecule has 4 heteroatoms. The molecule has 1 aromatic heterocycles. The van der Waals surface area contributed by atoms with Crippen LogP contribution in [0.4, 0.5) is 5.69 Å². The molecule has 112 valence electrons. The van der Waals surface area contributed by atoms with Gasteiger partial charge in [-0.15, -0.1) is 0 Å². The summed E-state index contributed by atoms with van der Waals surface area (Å²) < 4.78 is 0. The lowest BCUT2D eigenvalue weighted by Crippen LogP contribution is -2.19. The molecule has 0 unspecified atom stereocenters. The van der Waals surface area contributed by atoms with Gasteiger partial charge in [0.1, 0.15) is 0 Å². The predicted octanol–water partition coefficient (Wildman–Crippen LogP) is 3.51. The van der Waals surface area contributed by atoms with E-state index in [0.29, 0.717) is 5.56 Å². The van der Waals surface area contributed by atoms with Gasteiger partial charge in [0.05, 0.1) is 30.2 Å². The van der Waals surface area contributed by atoms with Crippen molar-refractivity contribution >= 4 is 5.69 Å². The number of imidazole rings is 1. The summed E-state index contributed by atoms with van der Waals surface area (Å²) in [5.41, 5.74) is 6.45. The second kappa shape index (κ2) is 5.62. The molecular weight excluding hydrogens is 284 g/mol. The minimum atomic E-state index is 0.712. The predicted molar refractivity (Wildman–Crippen MR) is 89.9 cm³/mol. The summed E-state index contributed by atoms with van der Waals surface area (Å²) in [4.78, 5) is 9.68. The number of rotatable bonds is 3. The smallest absolute Gasteiger partial charge is 0.0998 e. The highest BCUT2D eigenvalue weighted by atomic mass is 15.2. The van der Waals surface area contributed by atoms with Crippen LogP contribution in [0.2, 0.25) is 0 Å². The van der Waals surface area contributed by atoms with Gasteiger partial charge in [-0.1, -0.05) is 30.3 Å². The first kappa shape index (κ1) is 13.6. The number of nitrogens with one attached hydrogen (secondary N) is 1. The number of fused-ring (bicyclic) bond motifs is 1. The molecule has 0 fully saturated rings. The van der Waals surface area contributed by atoms with Gasteiger partial charge in [-0.25, -0.2) is 4.98 Å². The monoisotopic (exact) mass is 300 g/mol. The first-order valence-corrected chi connectivity index (χ1v) is 7.70. The number of benzene rings is 2. The van der Waals surface area contributed by atoms with Crippen molar-refractivity contribution in [2.24, 2.45) is 0 Å². The van der Waals surface area contributed by atoms with Crippen LogP contribution in [0.15, 0.2) is 55.0 Å². The van der Waals surface area contributed by atoms with Gasteiger partial charge in [0.2, 0.25) is 0 Å². The summed E-state index contributed by atoms with van der Waals surface area (Å²) in [6.07, 6.45) is 4.71. The van der Waals surface area contributed by atoms with Crippen molar-refractivity contribution < 1.29 is 0 Å². The van der Waals surface area contributed by atoms with Gasteiger partial charge in [0, 0.05) is 18.4 Å². The standard InChI is InChI=1S/C19H16N4/c20-10-16-3-1-2-4-18(16)15-6-5-14-7-8-23(19(14)9-15)12-17-11-21-13-22-17/h1-6,9,11,13H,7-8,12H2,(H,21,22). The normalized spacial score (nSPS) is 12.9. The van der Waals surface area contributed by atoms with Crippen LogP contribution in [-0.4, -0.2) is 16.5 Å². The molecule has 0 aliphatic carbocycles. The highest BCUT2D eigenvalue weighted by Gasteiger charge is 2.20. The summed E-state index contributed by atoms with van der Waals surface area (Å²) in [6.45, 7) is 1.81. The average Bonchev–Trinajstić information content (AvgIpc) is 3.25. The molecule has 0 spiro atoms. The van der Waals surface area contributed by atoms with E-state index < -0.39 is 0 Å². The molecule has 0 bridgehead atoms. The summed E-state index contributed by atoms with van der Waals surface area (Å²) >= 11 is 0. The van der Waals surface area contributed by atoms with Crippen molar-refractivity contribution in [3.63, 3.8) is 0 Å². The van der Waals surface area contributed by atoms with E-state index in [2.05, 4.69) is 39.1 Å². The van der Waals surface area contributed by atoms with Crippen molar-refractivity contribution in [3.8, 4) is 17.2 Å². The van der Waals surface area contributed by atoms with Gasteiger partial charge >= 0.3 is 0 Å². The maximum atomic E-state index is 9.32. The molecule has 1 aliphatic rings. The van der Waals surface area contributed by atoms with E-state index in [1.807, 2.05) is 30.5 Å². The third-order valence-corrected chi connectivity index (χ3v) is 4.34. The Labute approximate surface area is 135 Å². The van der Waals surface area contributed by atoms with Gasteiger partial charge in [-0.05, 0) is 35.2 Å². The van der Waals surface area contributed by atoms with Gasteiger partial charge in [-0.3, -0.25) is 0 Å². The van der Waals surface area contributed by atoms with E-state index >= 15 is 0 Å². The topological polar surface area (TPSA) is 55.7 Å². The number of nitrogens with zero attached hydrogens (tertiary/aromatic N) is 3. The molecule has 0 saturated carbocycles. The van der Waals surface area contributed by atoms with Crippen molar-refractivity contribution in [1.82, 2.24) is 9.97 Å². The molecule has 2 heterocycles. The molecule has 4 nitrogen and oxygen atoms in total.